The normalized spacial score (nSPS) is 28.4. The van der Waals surface area contributed by atoms with E-state index in [2.05, 4.69) is 30.5 Å². The lowest BCUT2D eigenvalue weighted by atomic mass is 9.70. The fraction of sp³-hybridized carbons (Fsp3) is 0.579. The first-order valence-corrected chi connectivity index (χ1v) is 9.96. The molecule has 1 spiro atoms. The second kappa shape index (κ2) is 7.28. The third kappa shape index (κ3) is 4.29. The van der Waals surface area contributed by atoms with Crippen LogP contribution in [0.25, 0.3) is 0 Å². The van der Waals surface area contributed by atoms with Crippen LogP contribution in [-0.4, -0.2) is 28.5 Å². The van der Waals surface area contributed by atoms with Gasteiger partial charge in [-0.25, -0.2) is 4.79 Å². The van der Waals surface area contributed by atoms with Crippen LogP contribution < -0.4 is 16.4 Å². The van der Waals surface area contributed by atoms with Gasteiger partial charge < -0.3 is 16.4 Å². The fourth-order valence-electron chi connectivity index (χ4n) is 3.80. The molecule has 136 valence electrons. The highest BCUT2D eigenvalue weighted by Gasteiger charge is 2.49. The Morgan fingerprint density at radius 1 is 1.28 bits per heavy atom. The largest absolute Gasteiger partial charge is 0.369 e. The van der Waals surface area contributed by atoms with Gasteiger partial charge in [-0.15, -0.1) is 0 Å². The molecule has 2 aliphatic rings. The van der Waals surface area contributed by atoms with Gasteiger partial charge in [-0.2, -0.15) is 11.8 Å². The quantitative estimate of drug-likeness (QED) is 0.768. The molecule has 3 rings (SSSR count). The average Bonchev–Trinajstić information content (AvgIpc) is 2.52. The first-order valence-electron chi connectivity index (χ1n) is 8.98. The monoisotopic (exact) mass is 361 g/mol. The summed E-state index contributed by atoms with van der Waals surface area (Å²) in [4.78, 5) is 23.6. The summed E-state index contributed by atoms with van der Waals surface area (Å²) in [5.74, 6) is 1.26. The van der Waals surface area contributed by atoms with Crippen LogP contribution in [0.2, 0.25) is 0 Å². The van der Waals surface area contributed by atoms with Crippen LogP contribution in [0.1, 0.15) is 51.0 Å². The summed E-state index contributed by atoms with van der Waals surface area (Å²) < 4.78 is 0.132. The number of rotatable bonds is 4. The van der Waals surface area contributed by atoms with E-state index in [1.165, 1.54) is 5.56 Å². The van der Waals surface area contributed by atoms with E-state index in [9.17, 15) is 9.59 Å². The van der Waals surface area contributed by atoms with E-state index >= 15 is 0 Å². The molecule has 1 heterocycles. The molecule has 1 saturated carbocycles. The Morgan fingerprint density at radius 3 is 2.72 bits per heavy atom. The van der Waals surface area contributed by atoms with Crippen molar-refractivity contribution in [3.8, 4) is 0 Å². The Kier molecular flexibility index (Phi) is 5.27. The Labute approximate surface area is 153 Å². The zero-order valence-corrected chi connectivity index (χ0v) is 15.7. The molecular formula is C19H27N3O2S. The molecule has 1 aromatic rings. The van der Waals surface area contributed by atoms with E-state index < -0.39 is 0 Å². The molecule has 1 aliphatic carbocycles. The average molecular weight is 362 g/mol. The summed E-state index contributed by atoms with van der Waals surface area (Å²) >= 11 is 1.93. The van der Waals surface area contributed by atoms with Crippen LogP contribution in [0, 0.1) is 5.92 Å². The number of benzene rings is 1. The molecule has 1 aromatic carbocycles. The van der Waals surface area contributed by atoms with Crippen LogP contribution in [0.4, 0.5) is 10.5 Å². The van der Waals surface area contributed by atoms with Crippen LogP contribution in [0.15, 0.2) is 24.3 Å². The molecule has 5 nitrogen and oxygen atoms in total. The molecule has 4 N–H and O–H groups in total. The number of carbonyl (C=O) groups excluding carboxylic acids is 2. The fourth-order valence-corrected chi connectivity index (χ4v) is 5.60. The number of anilines is 1. The lowest BCUT2D eigenvalue weighted by molar-refractivity contribution is -0.125. The summed E-state index contributed by atoms with van der Waals surface area (Å²) in [6, 6.07) is 7.97. The molecule has 1 aliphatic heterocycles. The lowest BCUT2D eigenvalue weighted by Crippen LogP contribution is -2.53. The minimum atomic E-state index is -0.191. The van der Waals surface area contributed by atoms with Crippen molar-refractivity contribution in [2.45, 2.75) is 56.2 Å². The molecular weight excluding hydrogens is 334 g/mol. The van der Waals surface area contributed by atoms with Crippen molar-refractivity contribution in [3.63, 3.8) is 0 Å². The highest BCUT2D eigenvalue weighted by Crippen LogP contribution is 2.53. The number of nitrogens with one attached hydrogen (secondary N) is 2. The molecule has 2 fully saturated rings. The molecule has 25 heavy (non-hydrogen) atoms. The maximum atomic E-state index is 12.3. The van der Waals surface area contributed by atoms with Gasteiger partial charge in [0, 0.05) is 22.4 Å². The van der Waals surface area contributed by atoms with Crippen LogP contribution in [0.3, 0.4) is 0 Å². The lowest BCUT2D eigenvalue weighted by Gasteiger charge is -2.50. The molecule has 1 atom stereocenters. The maximum absolute atomic E-state index is 12.3. The third-order valence-corrected chi connectivity index (χ3v) is 6.83. The van der Waals surface area contributed by atoms with Gasteiger partial charge in [-0.3, -0.25) is 4.79 Å². The summed E-state index contributed by atoms with van der Waals surface area (Å²) in [7, 11) is 0. The first kappa shape index (κ1) is 18.1. The minimum absolute atomic E-state index is 0.0128. The minimum Gasteiger partial charge on any atom is -0.369 e. The molecule has 0 radical (unpaired) electrons. The standard InChI is InChI=1S/C19H27N3O2S/c1-12(2)13-4-3-5-15(8-13)21-18(24)22-16-6-7-25-19(11-16)9-14(10-19)17(20)23/h3-5,8,12,14,16H,6-7,9-11H2,1-2H3,(H2,20,23)(H2,21,22,24). The van der Waals surface area contributed by atoms with E-state index in [1.54, 1.807) is 0 Å². The SMILES string of the molecule is CC(C)c1cccc(NC(=O)NC2CCSC3(C2)CC(C(N)=O)C3)c1. The molecule has 1 saturated heterocycles. The summed E-state index contributed by atoms with van der Waals surface area (Å²) in [6.07, 6.45) is 3.58. The Bertz CT molecular complexity index is 656. The molecule has 3 amide bonds. The van der Waals surface area contributed by atoms with E-state index in [0.717, 1.165) is 37.1 Å². The van der Waals surface area contributed by atoms with Crippen molar-refractivity contribution in [2.24, 2.45) is 11.7 Å². The maximum Gasteiger partial charge on any atom is 0.319 e. The predicted octanol–water partition coefficient (Wildman–Crippen LogP) is 3.46. The van der Waals surface area contributed by atoms with Crippen molar-refractivity contribution in [1.82, 2.24) is 5.32 Å². The zero-order valence-electron chi connectivity index (χ0n) is 14.9. The molecule has 0 aromatic heterocycles. The number of hydrogen-bond acceptors (Lipinski definition) is 3. The predicted molar refractivity (Wildman–Crippen MR) is 103 cm³/mol. The molecule has 0 bridgehead atoms. The van der Waals surface area contributed by atoms with Gasteiger partial charge >= 0.3 is 6.03 Å². The van der Waals surface area contributed by atoms with Crippen molar-refractivity contribution in [1.29, 1.82) is 0 Å². The number of nitrogens with two attached hydrogens (primary N) is 1. The summed E-state index contributed by atoms with van der Waals surface area (Å²) in [5, 5.41) is 6.05. The van der Waals surface area contributed by atoms with Crippen molar-refractivity contribution in [2.75, 3.05) is 11.1 Å². The van der Waals surface area contributed by atoms with Crippen molar-refractivity contribution >= 4 is 29.4 Å². The smallest absolute Gasteiger partial charge is 0.319 e. The van der Waals surface area contributed by atoms with Crippen LogP contribution in [-0.2, 0) is 4.79 Å². The summed E-state index contributed by atoms with van der Waals surface area (Å²) in [6.45, 7) is 4.27. The number of urea groups is 1. The zero-order chi connectivity index (χ0) is 18.0. The number of carbonyl (C=O) groups is 2. The molecule has 6 heteroatoms. The Morgan fingerprint density at radius 2 is 2.04 bits per heavy atom. The van der Waals surface area contributed by atoms with E-state index in [1.807, 2.05) is 30.0 Å². The van der Waals surface area contributed by atoms with Gasteiger partial charge in [0.2, 0.25) is 5.91 Å². The first-order chi connectivity index (χ1) is 11.9. The number of amides is 3. The number of thioether (sulfide) groups is 1. The highest BCUT2D eigenvalue weighted by atomic mass is 32.2. The van der Waals surface area contributed by atoms with E-state index in [4.69, 9.17) is 5.73 Å². The Balaban J connectivity index is 1.53. The topological polar surface area (TPSA) is 84.2 Å². The second-order valence-corrected chi connectivity index (χ2v) is 9.17. The van der Waals surface area contributed by atoms with Crippen LogP contribution >= 0.6 is 11.8 Å². The number of primary amides is 1. The van der Waals surface area contributed by atoms with Gasteiger partial charge in [0.05, 0.1) is 0 Å². The van der Waals surface area contributed by atoms with Gasteiger partial charge in [0.1, 0.15) is 0 Å². The van der Waals surface area contributed by atoms with Crippen molar-refractivity contribution < 1.29 is 9.59 Å². The van der Waals surface area contributed by atoms with E-state index in [0.29, 0.717) is 5.92 Å². The molecule has 1 unspecified atom stereocenters. The van der Waals surface area contributed by atoms with Gasteiger partial charge in [-0.05, 0) is 55.1 Å². The Hall–Kier alpha value is -1.69. The highest BCUT2D eigenvalue weighted by molar-refractivity contribution is 8.00. The van der Waals surface area contributed by atoms with Gasteiger partial charge in [0.25, 0.3) is 0 Å². The van der Waals surface area contributed by atoms with E-state index in [-0.39, 0.29) is 28.6 Å². The third-order valence-electron chi connectivity index (χ3n) is 5.28. The van der Waals surface area contributed by atoms with Crippen molar-refractivity contribution in [3.05, 3.63) is 29.8 Å². The van der Waals surface area contributed by atoms with Crippen LogP contribution in [0.5, 0.6) is 0 Å². The second-order valence-electron chi connectivity index (χ2n) is 7.61. The van der Waals surface area contributed by atoms with Gasteiger partial charge in [0.15, 0.2) is 0 Å². The summed E-state index contributed by atoms with van der Waals surface area (Å²) in [5.41, 5.74) is 7.42. The van der Waals surface area contributed by atoms with Gasteiger partial charge in [-0.1, -0.05) is 26.0 Å². The number of hydrogen-bond donors (Lipinski definition) is 3.